The highest BCUT2D eigenvalue weighted by atomic mass is 35.5. The van der Waals surface area contributed by atoms with Crippen LogP contribution >= 0.6 is 12.4 Å². The minimum atomic E-state index is -2.92. The maximum absolute atomic E-state index is 6.13. The van der Waals surface area contributed by atoms with Gasteiger partial charge in [0, 0.05) is 26.5 Å². The van der Waals surface area contributed by atoms with E-state index >= 15 is 0 Å². The molecule has 0 saturated heterocycles. The molecule has 0 aliphatic heterocycles. The van der Waals surface area contributed by atoms with E-state index in [1.807, 2.05) is 31.2 Å². The summed E-state index contributed by atoms with van der Waals surface area (Å²) >= 11 is 0. The smallest absolute Gasteiger partial charge is 0.373 e. The molecule has 1 rings (SSSR count). The molecule has 0 radical (unpaired) electrons. The lowest BCUT2D eigenvalue weighted by Crippen LogP contribution is -2.60. The Kier molecular flexibility index (Phi) is 7.16. The van der Waals surface area contributed by atoms with Crippen LogP contribution < -0.4 is 16.7 Å². The van der Waals surface area contributed by atoms with E-state index in [2.05, 4.69) is 0 Å². The second-order valence-corrected chi connectivity index (χ2v) is 6.98. The molecule has 0 bridgehead atoms. The molecule has 0 spiro atoms. The summed E-state index contributed by atoms with van der Waals surface area (Å²) in [4.78, 5) is 0. The fourth-order valence-corrected chi connectivity index (χ4v) is 4.03. The number of benzene rings is 1. The molecule has 0 atom stereocenters. The molecule has 0 saturated carbocycles. The van der Waals surface area contributed by atoms with Crippen LogP contribution in [0, 0.1) is 0 Å². The van der Waals surface area contributed by atoms with Crippen LogP contribution in [-0.2, 0) is 18.9 Å². The van der Waals surface area contributed by atoms with Crippen molar-refractivity contribution in [3.63, 3.8) is 0 Å². The van der Waals surface area contributed by atoms with Crippen LogP contribution in [0.5, 0.6) is 0 Å². The highest BCUT2D eigenvalue weighted by molar-refractivity contribution is 6.75. The Hall–Kier alpha value is -0.473. The van der Waals surface area contributed by atoms with Crippen LogP contribution in [0.3, 0.4) is 0 Å². The van der Waals surface area contributed by atoms with Gasteiger partial charge in [0.2, 0.25) is 0 Å². The standard InChI is InChI=1S/C12H22N2O3Si.ClH/c1-5-12(13,14)10-8-6-7-9-11(10)18(15-2,16-3)17-4;/h6-9H,5,13-14H2,1-4H3;1H. The van der Waals surface area contributed by atoms with Gasteiger partial charge in [-0.2, -0.15) is 0 Å². The van der Waals surface area contributed by atoms with Gasteiger partial charge in [-0.25, -0.2) is 0 Å². The number of hydrogen-bond acceptors (Lipinski definition) is 5. The molecular formula is C12H23ClN2O3Si. The SMILES string of the molecule is CCC(N)(N)c1ccccc1[Si](OC)(OC)OC.Cl. The van der Waals surface area contributed by atoms with Gasteiger partial charge < -0.3 is 24.7 Å². The van der Waals surface area contributed by atoms with Gasteiger partial charge in [-0.15, -0.1) is 12.4 Å². The summed E-state index contributed by atoms with van der Waals surface area (Å²) in [5.74, 6) is 0. The fourth-order valence-electron chi connectivity index (χ4n) is 1.93. The largest absolute Gasteiger partial charge is 0.536 e. The molecule has 5 nitrogen and oxygen atoms in total. The van der Waals surface area contributed by atoms with E-state index in [0.29, 0.717) is 6.42 Å². The van der Waals surface area contributed by atoms with Gasteiger partial charge in [0.25, 0.3) is 0 Å². The number of halogens is 1. The van der Waals surface area contributed by atoms with Crippen LogP contribution in [0.4, 0.5) is 0 Å². The van der Waals surface area contributed by atoms with E-state index in [-0.39, 0.29) is 12.4 Å². The molecule has 1 aromatic carbocycles. The van der Waals surface area contributed by atoms with Crippen molar-refractivity contribution in [3.8, 4) is 0 Å². The zero-order chi connectivity index (χ0) is 13.8. The quantitative estimate of drug-likeness (QED) is 0.596. The van der Waals surface area contributed by atoms with Crippen LogP contribution in [0.25, 0.3) is 0 Å². The van der Waals surface area contributed by atoms with Crippen molar-refractivity contribution >= 4 is 26.4 Å². The Balaban J connectivity index is 0.00000324. The zero-order valence-electron chi connectivity index (χ0n) is 11.8. The molecule has 0 heterocycles. The molecule has 4 N–H and O–H groups in total. The second-order valence-electron chi connectivity index (χ2n) is 4.11. The average molecular weight is 307 g/mol. The topological polar surface area (TPSA) is 79.7 Å². The van der Waals surface area contributed by atoms with Gasteiger partial charge >= 0.3 is 8.80 Å². The maximum atomic E-state index is 6.13. The first kappa shape index (κ1) is 18.5. The lowest BCUT2D eigenvalue weighted by molar-refractivity contribution is 0.139. The van der Waals surface area contributed by atoms with Gasteiger partial charge in [-0.05, 0) is 12.0 Å². The van der Waals surface area contributed by atoms with E-state index in [4.69, 9.17) is 24.7 Å². The molecule has 1 aromatic rings. The summed E-state index contributed by atoms with van der Waals surface area (Å²) < 4.78 is 16.5. The second kappa shape index (κ2) is 7.35. The van der Waals surface area contributed by atoms with Gasteiger partial charge in [0.15, 0.2) is 0 Å². The van der Waals surface area contributed by atoms with E-state index in [9.17, 15) is 0 Å². The van der Waals surface area contributed by atoms with Crippen LogP contribution in [0.2, 0.25) is 0 Å². The fraction of sp³-hybridized carbons (Fsp3) is 0.500. The molecule has 0 aromatic heterocycles. The Morgan fingerprint density at radius 2 is 1.53 bits per heavy atom. The highest BCUT2D eigenvalue weighted by Crippen LogP contribution is 2.18. The van der Waals surface area contributed by atoms with Crippen LogP contribution in [-0.4, -0.2) is 30.1 Å². The summed E-state index contributed by atoms with van der Waals surface area (Å²) in [5, 5.41) is 0.810. The number of rotatable bonds is 6. The third-order valence-corrected chi connectivity index (χ3v) is 5.86. The van der Waals surface area contributed by atoms with Crippen molar-refractivity contribution in [2.75, 3.05) is 21.3 Å². The normalized spacial score (nSPS) is 12.1. The lowest BCUT2D eigenvalue weighted by Gasteiger charge is -2.32. The summed E-state index contributed by atoms with van der Waals surface area (Å²) in [5.41, 5.74) is 12.1. The van der Waals surface area contributed by atoms with E-state index in [1.54, 1.807) is 21.3 Å². The van der Waals surface area contributed by atoms with E-state index in [1.165, 1.54) is 0 Å². The van der Waals surface area contributed by atoms with Crippen molar-refractivity contribution < 1.29 is 13.3 Å². The predicted octanol–water partition coefficient (Wildman–Crippen LogP) is 0.674. The molecule has 19 heavy (non-hydrogen) atoms. The summed E-state index contributed by atoms with van der Waals surface area (Å²) in [6.07, 6.45) is 0.603. The van der Waals surface area contributed by atoms with Gasteiger partial charge in [0.05, 0.1) is 5.66 Å². The minimum absolute atomic E-state index is 0. The molecule has 0 aliphatic rings. The van der Waals surface area contributed by atoms with Crippen molar-refractivity contribution in [2.24, 2.45) is 11.5 Å². The lowest BCUT2D eigenvalue weighted by atomic mass is 9.99. The number of nitrogens with two attached hydrogens (primary N) is 2. The van der Waals surface area contributed by atoms with Crippen molar-refractivity contribution in [2.45, 2.75) is 19.0 Å². The molecule has 0 aliphatic carbocycles. The minimum Gasteiger partial charge on any atom is -0.373 e. The molecule has 0 unspecified atom stereocenters. The van der Waals surface area contributed by atoms with E-state index in [0.717, 1.165) is 10.8 Å². The monoisotopic (exact) mass is 306 g/mol. The first-order valence-electron chi connectivity index (χ1n) is 5.80. The first-order chi connectivity index (χ1) is 8.47. The molecule has 110 valence electrons. The maximum Gasteiger partial charge on any atom is 0.536 e. The summed E-state index contributed by atoms with van der Waals surface area (Å²) in [6.45, 7) is 1.94. The zero-order valence-corrected chi connectivity index (χ0v) is 13.6. The molecule has 0 amide bonds. The number of hydrogen-bond donors (Lipinski definition) is 2. The van der Waals surface area contributed by atoms with Gasteiger partial charge in [0.1, 0.15) is 0 Å². The summed E-state index contributed by atoms with van der Waals surface area (Å²) in [6, 6.07) is 7.56. The Labute approximate surface area is 122 Å². The summed E-state index contributed by atoms with van der Waals surface area (Å²) in [7, 11) is 1.77. The van der Waals surface area contributed by atoms with E-state index < -0.39 is 14.5 Å². The highest BCUT2D eigenvalue weighted by Gasteiger charge is 2.44. The first-order valence-corrected chi connectivity index (χ1v) is 7.53. The Morgan fingerprint density at radius 3 is 1.95 bits per heavy atom. The van der Waals surface area contributed by atoms with Crippen LogP contribution in [0.1, 0.15) is 18.9 Å². The van der Waals surface area contributed by atoms with Crippen LogP contribution in [0.15, 0.2) is 24.3 Å². The molecule has 0 fully saturated rings. The van der Waals surface area contributed by atoms with Crippen molar-refractivity contribution in [1.82, 2.24) is 0 Å². The third-order valence-electron chi connectivity index (χ3n) is 3.15. The predicted molar refractivity (Wildman–Crippen MR) is 80.4 cm³/mol. The van der Waals surface area contributed by atoms with Crippen molar-refractivity contribution in [1.29, 1.82) is 0 Å². The third kappa shape index (κ3) is 3.54. The Morgan fingerprint density at radius 1 is 1.05 bits per heavy atom. The van der Waals surface area contributed by atoms with Gasteiger partial charge in [-0.1, -0.05) is 31.2 Å². The average Bonchev–Trinajstić information content (AvgIpc) is 2.42. The molecular weight excluding hydrogens is 284 g/mol. The van der Waals surface area contributed by atoms with Crippen molar-refractivity contribution in [3.05, 3.63) is 29.8 Å². The van der Waals surface area contributed by atoms with Gasteiger partial charge in [-0.3, -0.25) is 0 Å². The Bertz CT molecular complexity index is 392. The molecule has 7 heteroatoms.